The summed E-state index contributed by atoms with van der Waals surface area (Å²) in [6, 6.07) is 5.66. The number of aromatic nitrogens is 2. The van der Waals surface area contributed by atoms with Crippen molar-refractivity contribution in [3.05, 3.63) is 56.2 Å². The van der Waals surface area contributed by atoms with Crippen LogP contribution < -0.4 is 21.8 Å². The predicted molar refractivity (Wildman–Crippen MR) is 100.0 cm³/mol. The van der Waals surface area contributed by atoms with E-state index in [9.17, 15) is 24.0 Å². The largest absolute Gasteiger partial charge is 0.463 e. The smallest absolute Gasteiger partial charge is 0.337 e. The number of urea groups is 1. The highest BCUT2D eigenvalue weighted by molar-refractivity contribution is 5.93. The van der Waals surface area contributed by atoms with Gasteiger partial charge < -0.3 is 20.1 Å². The number of nitrogens with one attached hydrogen (secondary N) is 3. The van der Waals surface area contributed by atoms with Crippen LogP contribution in [0.1, 0.15) is 6.92 Å². The minimum Gasteiger partial charge on any atom is -0.463 e. The van der Waals surface area contributed by atoms with Gasteiger partial charge in [-0.2, -0.15) is 0 Å². The molecule has 0 unspecified atom stereocenters. The number of carbonyl (C=O) groups excluding carboxylic acids is 3. The van der Waals surface area contributed by atoms with E-state index < -0.39 is 42.2 Å². The topological polar surface area (TPSA) is 149 Å². The van der Waals surface area contributed by atoms with E-state index in [1.165, 1.54) is 12.1 Å². The first-order valence-electron chi connectivity index (χ1n) is 8.72. The second-order valence-corrected chi connectivity index (χ2v) is 6.02. The molecular formula is C18H18N4O7. The molecule has 0 atom stereocenters. The molecule has 0 saturated heterocycles. The molecule has 11 nitrogen and oxygen atoms in total. The third-order valence-electron chi connectivity index (χ3n) is 4.12. The molecule has 152 valence electrons. The van der Waals surface area contributed by atoms with E-state index in [-0.39, 0.29) is 35.2 Å². The molecule has 0 aliphatic carbocycles. The Balaban J connectivity index is 1.75. The number of nitrogens with zero attached hydrogens (tertiary/aromatic N) is 1. The third kappa shape index (κ3) is 4.34. The lowest BCUT2D eigenvalue weighted by Crippen LogP contribution is -2.45. The van der Waals surface area contributed by atoms with E-state index in [0.29, 0.717) is 0 Å². The van der Waals surface area contributed by atoms with Crippen LogP contribution in [-0.4, -0.2) is 47.5 Å². The fourth-order valence-corrected chi connectivity index (χ4v) is 2.75. The number of rotatable bonds is 6. The number of hydrogen-bond acceptors (Lipinski definition) is 7. The number of aromatic amines is 1. The summed E-state index contributed by atoms with van der Waals surface area (Å²) in [5.74, 6) is -1.50. The first-order valence-corrected chi connectivity index (χ1v) is 8.72. The van der Waals surface area contributed by atoms with Crippen molar-refractivity contribution in [1.82, 2.24) is 20.4 Å². The van der Waals surface area contributed by atoms with Gasteiger partial charge in [-0.05, 0) is 19.1 Å². The normalized spacial score (nSPS) is 13.6. The maximum atomic E-state index is 12.4. The molecule has 1 aliphatic heterocycles. The second-order valence-electron chi connectivity index (χ2n) is 6.02. The maximum absolute atomic E-state index is 12.4. The van der Waals surface area contributed by atoms with Gasteiger partial charge in [0.05, 0.1) is 35.2 Å². The molecule has 3 N–H and O–H groups in total. The van der Waals surface area contributed by atoms with Crippen molar-refractivity contribution in [1.29, 1.82) is 0 Å². The molecule has 11 heteroatoms. The number of benzene rings is 1. The third-order valence-corrected chi connectivity index (χ3v) is 4.12. The Morgan fingerprint density at radius 3 is 2.55 bits per heavy atom. The van der Waals surface area contributed by atoms with Gasteiger partial charge in [0, 0.05) is 0 Å². The average Bonchev–Trinajstić information content (AvgIpc) is 2.70. The lowest BCUT2D eigenvalue weighted by molar-refractivity contribution is -0.144. The van der Waals surface area contributed by atoms with Crippen molar-refractivity contribution in [3.63, 3.8) is 0 Å². The molecule has 1 aromatic carbocycles. The SMILES string of the molecule is CCOC(=O)C1=C(COC(=O)Cn2[nH]c(=O)c3ccccc3c2=O)NC(=O)NC1. The Hall–Kier alpha value is -3.89. The molecule has 2 heterocycles. The van der Waals surface area contributed by atoms with Crippen LogP contribution >= 0.6 is 0 Å². The van der Waals surface area contributed by atoms with Gasteiger partial charge in [0.25, 0.3) is 11.1 Å². The molecule has 0 saturated carbocycles. The number of esters is 2. The minimum absolute atomic E-state index is 0.0744. The zero-order valence-electron chi connectivity index (χ0n) is 15.4. The molecule has 1 aliphatic rings. The van der Waals surface area contributed by atoms with Crippen molar-refractivity contribution >= 4 is 28.7 Å². The van der Waals surface area contributed by atoms with E-state index in [0.717, 1.165) is 4.68 Å². The van der Waals surface area contributed by atoms with Crippen molar-refractivity contribution in [2.45, 2.75) is 13.5 Å². The van der Waals surface area contributed by atoms with E-state index >= 15 is 0 Å². The molecule has 29 heavy (non-hydrogen) atoms. The van der Waals surface area contributed by atoms with Gasteiger partial charge in [0.2, 0.25) is 0 Å². The summed E-state index contributed by atoms with van der Waals surface area (Å²) in [6.45, 7) is 0.742. The summed E-state index contributed by atoms with van der Waals surface area (Å²) in [4.78, 5) is 60.1. The molecule has 2 aromatic rings. The molecule has 2 amide bonds. The maximum Gasteiger partial charge on any atom is 0.337 e. The van der Waals surface area contributed by atoms with E-state index in [1.807, 2.05) is 0 Å². The molecule has 3 rings (SSSR count). The quantitative estimate of drug-likeness (QED) is 0.544. The highest BCUT2D eigenvalue weighted by Crippen LogP contribution is 2.09. The molecule has 0 bridgehead atoms. The zero-order valence-corrected chi connectivity index (χ0v) is 15.4. The summed E-state index contributed by atoms with van der Waals surface area (Å²) in [5, 5.41) is 7.52. The first kappa shape index (κ1) is 19.9. The van der Waals surface area contributed by atoms with Crippen LogP contribution in [0.3, 0.4) is 0 Å². The van der Waals surface area contributed by atoms with Crippen molar-refractivity contribution in [2.75, 3.05) is 19.8 Å². The minimum atomic E-state index is -0.846. The van der Waals surface area contributed by atoms with E-state index in [2.05, 4.69) is 15.7 Å². The Bertz CT molecular complexity index is 1130. The van der Waals surface area contributed by atoms with Gasteiger partial charge in [-0.15, -0.1) is 0 Å². The fourth-order valence-electron chi connectivity index (χ4n) is 2.75. The average molecular weight is 402 g/mol. The van der Waals surface area contributed by atoms with E-state index in [1.54, 1.807) is 19.1 Å². The molecule has 0 fully saturated rings. The van der Waals surface area contributed by atoms with Crippen LogP contribution in [0.5, 0.6) is 0 Å². The van der Waals surface area contributed by atoms with E-state index in [4.69, 9.17) is 9.47 Å². The zero-order chi connectivity index (χ0) is 21.0. The summed E-state index contributed by atoms with van der Waals surface area (Å²) in [7, 11) is 0. The van der Waals surface area contributed by atoms with Gasteiger partial charge in [-0.1, -0.05) is 12.1 Å². The number of fused-ring (bicyclic) bond motifs is 1. The Kier molecular flexibility index (Phi) is 5.77. The standard InChI is InChI=1S/C18H18N4O7/c1-2-28-17(26)12-7-19-18(27)20-13(12)9-29-14(23)8-22-16(25)11-6-4-3-5-10(11)15(24)21-22/h3-6H,2,7-9H2,1H3,(H,21,24)(H2,19,20,27). The monoisotopic (exact) mass is 402 g/mol. The van der Waals surface area contributed by atoms with Crippen LogP contribution in [0.4, 0.5) is 4.79 Å². The Labute approximate surface area is 163 Å². The number of H-pyrrole nitrogens is 1. The summed E-state index contributed by atoms with van der Waals surface area (Å²) >= 11 is 0. The predicted octanol–water partition coefficient (Wildman–Crippen LogP) is -0.637. The van der Waals surface area contributed by atoms with Gasteiger partial charge >= 0.3 is 18.0 Å². The lowest BCUT2D eigenvalue weighted by atomic mass is 10.2. The van der Waals surface area contributed by atoms with Crippen molar-refractivity contribution in [2.24, 2.45) is 0 Å². The molecule has 0 radical (unpaired) electrons. The Morgan fingerprint density at radius 2 is 1.83 bits per heavy atom. The number of carbonyl (C=O) groups is 3. The van der Waals surface area contributed by atoms with Gasteiger partial charge in [0.15, 0.2) is 0 Å². The summed E-state index contributed by atoms with van der Waals surface area (Å²) < 4.78 is 10.8. The molecular weight excluding hydrogens is 384 g/mol. The number of ether oxygens (including phenoxy) is 2. The Morgan fingerprint density at radius 1 is 1.10 bits per heavy atom. The van der Waals surface area contributed by atoms with Crippen LogP contribution in [0.25, 0.3) is 10.8 Å². The highest BCUT2D eigenvalue weighted by atomic mass is 16.5. The molecule has 0 spiro atoms. The van der Waals surface area contributed by atoms with Crippen LogP contribution in [0.15, 0.2) is 45.1 Å². The van der Waals surface area contributed by atoms with Crippen LogP contribution in [0, 0.1) is 0 Å². The summed E-state index contributed by atoms with van der Waals surface area (Å²) in [6.07, 6.45) is 0. The fraction of sp³-hybridized carbons (Fsp3) is 0.278. The highest BCUT2D eigenvalue weighted by Gasteiger charge is 2.24. The van der Waals surface area contributed by atoms with Crippen molar-refractivity contribution in [3.8, 4) is 0 Å². The lowest BCUT2D eigenvalue weighted by Gasteiger charge is -2.21. The van der Waals surface area contributed by atoms with Crippen LogP contribution in [0.2, 0.25) is 0 Å². The van der Waals surface area contributed by atoms with Crippen LogP contribution in [-0.2, 0) is 25.6 Å². The second kappa shape index (κ2) is 8.42. The van der Waals surface area contributed by atoms with Crippen molar-refractivity contribution < 1.29 is 23.9 Å². The van der Waals surface area contributed by atoms with Gasteiger partial charge in [-0.3, -0.25) is 19.5 Å². The van der Waals surface area contributed by atoms with Gasteiger partial charge in [-0.25, -0.2) is 14.3 Å². The number of hydrogen-bond donors (Lipinski definition) is 3. The van der Waals surface area contributed by atoms with Gasteiger partial charge in [0.1, 0.15) is 13.2 Å². The summed E-state index contributed by atoms with van der Waals surface area (Å²) in [5.41, 5.74) is -0.875. The first-order chi connectivity index (χ1) is 13.9. The molecule has 1 aromatic heterocycles. The number of amides is 2.